The molecule has 0 heterocycles. The summed E-state index contributed by atoms with van der Waals surface area (Å²) in [7, 11) is 0. The molecule has 0 saturated carbocycles. The Morgan fingerprint density at radius 3 is 2.64 bits per heavy atom. The minimum Gasteiger partial charge on any atom is -0.294 e. The van der Waals surface area contributed by atoms with Crippen molar-refractivity contribution >= 4 is 28.4 Å². The quantitative estimate of drug-likeness (QED) is 0.622. The third kappa shape index (κ3) is 2.13. The van der Waals surface area contributed by atoms with E-state index in [0.29, 0.717) is 11.1 Å². The van der Waals surface area contributed by atoms with E-state index in [2.05, 4.69) is 6.07 Å². The Labute approximate surface area is 97.1 Å². The Morgan fingerprint density at radius 1 is 1.57 bits per heavy atom. The zero-order chi connectivity index (χ0) is 10.7. The van der Waals surface area contributed by atoms with E-state index >= 15 is 0 Å². The number of carbonyl (C=O) groups excluding carboxylic acids is 1. The molecule has 72 valence electrons. The van der Waals surface area contributed by atoms with Crippen LogP contribution in [-0.2, 0) is 6.42 Å². The molecule has 0 aromatic heterocycles. The van der Waals surface area contributed by atoms with Crippen LogP contribution >= 0.6 is 22.6 Å². The van der Waals surface area contributed by atoms with Gasteiger partial charge < -0.3 is 0 Å². The molecule has 0 unspecified atom stereocenters. The van der Waals surface area contributed by atoms with Crippen molar-refractivity contribution in [3.63, 3.8) is 0 Å². The summed E-state index contributed by atoms with van der Waals surface area (Å²) >= 11 is 2.05. The van der Waals surface area contributed by atoms with Crippen LogP contribution in [0, 0.1) is 14.9 Å². The first-order valence-electron chi connectivity index (χ1n) is 4.33. The Bertz CT molecular complexity index is 418. The summed E-state index contributed by atoms with van der Waals surface area (Å²) in [5.74, 6) is 0.0150. The topological polar surface area (TPSA) is 40.9 Å². The van der Waals surface area contributed by atoms with Crippen LogP contribution in [0.25, 0.3) is 0 Å². The molecule has 2 nitrogen and oxygen atoms in total. The second-order valence-corrected chi connectivity index (χ2v) is 4.11. The van der Waals surface area contributed by atoms with E-state index in [4.69, 9.17) is 5.26 Å². The van der Waals surface area contributed by atoms with Gasteiger partial charge in [-0.1, -0.05) is 6.92 Å². The number of halogens is 1. The lowest BCUT2D eigenvalue weighted by Gasteiger charge is -2.05. The highest BCUT2D eigenvalue weighted by molar-refractivity contribution is 14.1. The van der Waals surface area contributed by atoms with E-state index in [0.717, 1.165) is 15.6 Å². The second kappa shape index (κ2) is 4.56. The lowest BCUT2D eigenvalue weighted by Crippen LogP contribution is -2.00. The molecule has 1 aromatic carbocycles. The maximum atomic E-state index is 11.3. The lowest BCUT2D eigenvalue weighted by atomic mass is 10.0. The third-order valence-electron chi connectivity index (χ3n) is 2.04. The van der Waals surface area contributed by atoms with Crippen molar-refractivity contribution in [1.29, 1.82) is 5.26 Å². The highest BCUT2D eigenvalue weighted by atomic mass is 127. The SMILES string of the molecule is CCc1cc(C#N)c(I)c(C(C)=O)c1. The zero-order valence-electron chi connectivity index (χ0n) is 8.10. The molecule has 0 aliphatic rings. The van der Waals surface area contributed by atoms with Gasteiger partial charge in [0.2, 0.25) is 0 Å². The van der Waals surface area contributed by atoms with Crippen LogP contribution in [0.1, 0.15) is 35.3 Å². The zero-order valence-corrected chi connectivity index (χ0v) is 10.3. The lowest BCUT2D eigenvalue weighted by molar-refractivity contribution is 0.101. The number of benzene rings is 1. The Balaban J connectivity index is 3.44. The molecule has 1 rings (SSSR count). The summed E-state index contributed by atoms with van der Waals surface area (Å²) in [4.78, 5) is 11.3. The van der Waals surface area contributed by atoms with Gasteiger partial charge in [-0.3, -0.25) is 4.79 Å². The van der Waals surface area contributed by atoms with Gasteiger partial charge in [0, 0.05) is 9.13 Å². The second-order valence-electron chi connectivity index (χ2n) is 3.03. The smallest absolute Gasteiger partial charge is 0.160 e. The molecule has 0 aliphatic heterocycles. The van der Waals surface area contributed by atoms with E-state index < -0.39 is 0 Å². The molecule has 0 radical (unpaired) electrons. The van der Waals surface area contributed by atoms with Gasteiger partial charge in [-0.05, 0) is 53.6 Å². The van der Waals surface area contributed by atoms with E-state index in [-0.39, 0.29) is 5.78 Å². The summed E-state index contributed by atoms with van der Waals surface area (Å²) < 4.78 is 0.759. The average molecular weight is 299 g/mol. The fraction of sp³-hybridized carbons (Fsp3) is 0.273. The van der Waals surface area contributed by atoms with E-state index in [9.17, 15) is 4.79 Å². The molecular weight excluding hydrogens is 289 g/mol. The number of nitriles is 1. The van der Waals surface area contributed by atoms with Crippen molar-refractivity contribution in [2.45, 2.75) is 20.3 Å². The molecule has 0 fully saturated rings. The van der Waals surface area contributed by atoms with Crippen molar-refractivity contribution in [2.24, 2.45) is 0 Å². The fourth-order valence-corrected chi connectivity index (χ4v) is 2.04. The average Bonchev–Trinajstić information content (AvgIpc) is 2.17. The minimum atomic E-state index is 0.0150. The minimum absolute atomic E-state index is 0.0150. The largest absolute Gasteiger partial charge is 0.294 e. The first kappa shape index (κ1) is 11.2. The van der Waals surface area contributed by atoms with Crippen molar-refractivity contribution in [2.75, 3.05) is 0 Å². The predicted molar refractivity (Wildman–Crippen MR) is 63.3 cm³/mol. The molecule has 0 saturated heterocycles. The number of aryl methyl sites for hydroxylation is 1. The molecule has 0 N–H and O–H groups in total. The van der Waals surface area contributed by atoms with Gasteiger partial charge in [-0.2, -0.15) is 5.26 Å². The van der Waals surface area contributed by atoms with E-state index in [1.807, 2.05) is 41.6 Å². The molecule has 3 heteroatoms. The monoisotopic (exact) mass is 299 g/mol. The van der Waals surface area contributed by atoms with Gasteiger partial charge >= 0.3 is 0 Å². The Hall–Kier alpha value is -0.890. The van der Waals surface area contributed by atoms with Crippen LogP contribution in [0.4, 0.5) is 0 Å². The van der Waals surface area contributed by atoms with Gasteiger partial charge in [0.25, 0.3) is 0 Å². The van der Waals surface area contributed by atoms with Crippen molar-refractivity contribution in [1.82, 2.24) is 0 Å². The van der Waals surface area contributed by atoms with Gasteiger partial charge in [-0.25, -0.2) is 0 Å². The normalized spacial score (nSPS) is 9.57. The standard InChI is InChI=1S/C11H10INO/c1-3-8-4-9(6-13)11(12)10(5-8)7(2)14/h4-5H,3H2,1-2H3. The summed E-state index contributed by atoms with van der Waals surface area (Å²) in [5.41, 5.74) is 2.28. The van der Waals surface area contributed by atoms with E-state index in [1.165, 1.54) is 6.92 Å². The molecule has 14 heavy (non-hydrogen) atoms. The van der Waals surface area contributed by atoms with Crippen molar-refractivity contribution in [3.05, 3.63) is 32.4 Å². The van der Waals surface area contributed by atoms with Crippen LogP contribution in [-0.4, -0.2) is 5.78 Å². The van der Waals surface area contributed by atoms with Gasteiger partial charge in [0.1, 0.15) is 6.07 Å². The van der Waals surface area contributed by atoms with Crippen molar-refractivity contribution < 1.29 is 4.79 Å². The molecule has 0 amide bonds. The summed E-state index contributed by atoms with van der Waals surface area (Å²) in [6.45, 7) is 3.53. The number of nitrogens with zero attached hydrogens (tertiary/aromatic N) is 1. The van der Waals surface area contributed by atoms with Crippen LogP contribution < -0.4 is 0 Å². The predicted octanol–water partition coefficient (Wildman–Crippen LogP) is 2.93. The first-order valence-corrected chi connectivity index (χ1v) is 5.41. The first-order chi connectivity index (χ1) is 6.60. The summed E-state index contributed by atoms with van der Waals surface area (Å²) in [6.07, 6.45) is 0.839. The highest BCUT2D eigenvalue weighted by Gasteiger charge is 2.10. The number of Topliss-reactive ketones (excluding diaryl/α,β-unsaturated/α-hetero) is 1. The number of hydrogen-bond acceptors (Lipinski definition) is 2. The number of rotatable bonds is 2. The molecule has 0 bridgehead atoms. The number of carbonyl (C=O) groups is 1. The fourth-order valence-electron chi connectivity index (χ4n) is 1.23. The summed E-state index contributed by atoms with van der Waals surface area (Å²) in [6, 6.07) is 5.81. The molecule has 0 spiro atoms. The van der Waals surface area contributed by atoms with E-state index in [1.54, 1.807) is 0 Å². The van der Waals surface area contributed by atoms with Gasteiger partial charge in [0.05, 0.1) is 5.56 Å². The van der Waals surface area contributed by atoms with Crippen molar-refractivity contribution in [3.8, 4) is 6.07 Å². The Kier molecular flexibility index (Phi) is 3.64. The van der Waals surface area contributed by atoms with Crippen LogP contribution in [0.3, 0.4) is 0 Å². The van der Waals surface area contributed by atoms with Crippen LogP contribution in [0.5, 0.6) is 0 Å². The maximum Gasteiger partial charge on any atom is 0.160 e. The number of hydrogen-bond donors (Lipinski definition) is 0. The molecular formula is C11H10INO. The van der Waals surface area contributed by atoms with Crippen LogP contribution in [0.15, 0.2) is 12.1 Å². The molecule has 1 aromatic rings. The highest BCUT2D eigenvalue weighted by Crippen LogP contribution is 2.20. The van der Waals surface area contributed by atoms with Crippen LogP contribution in [0.2, 0.25) is 0 Å². The molecule has 0 atom stereocenters. The number of ketones is 1. The van der Waals surface area contributed by atoms with Gasteiger partial charge in [0.15, 0.2) is 5.78 Å². The maximum absolute atomic E-state index is 11.3. The Morgan fingerprint density at radius 2 is 2.21 bits per heavy atom. The summed E-state index contributed by atoms with van der Waals surface area (Å²) in [5, 5.41) is 8.88. The third-order valence-corrected chi connectivity index (χ3v) is 3.20. The van der Waals surface area contributed by atoms with Gasteiger partial charge in [-0.15, -0.1) is 0 Å². The molecule has 0 aliphatic carbocycles.